The van der Waals surface area contributed by atoms with Crippen molar-refractivity contribution in [2.75, 3.05) is 13.2 Å². The lowest BCUT2D eigenvalue weighted by atomic mass is 10.2. The number of hydrogen-bond donors (Lipinski definition) is 0. The van der Waals surface area contributed by atoms with Crippen molar-refractivity contribution in [2.24, 2.45) is 0 Å². The number of ether oxygens (including phenoxy) is 1. The number of aromatic nitrogens is 2. The maximum absolute atomic E-state index is 5.97. The SMILES string of the molecule is CCOCCCn1c(CCl)nc2cc(C)ccc21. The van der Waals surface area contributed by atoms with E-state index in [1.807, 2.05) is 6.92 Å². The lowest BCUT2D eigenvalue weighted by Crippen LogP contribution is -2.05. The van der Waals surface area contributed by atoms with E-state index in [-0.39, 0.29) is 0 Å². The quantitative estimate of drug-likeness (QED) is 0.591. The van der Waals surface area contributed by atoms with E-state index in [2.05, 4.69) is 34.7 Å². The molecule has 2 aromatic rings. The van der Waals surface area contributed by atoms with Crippen LogP contribution in [0.5, 0.6) is 0 Å². The van der Waals surface area contributed by atoms with Crippen LogP contribution in [-0.2, 0) is 17.2 Å². The molecular formula is C14H19ClN2O. The van der Waals surface area contributed by atoms with E-state index in [4.69, 9.17) is 16.3 Å². The number of hydrogen-bond acceptors (Lipinski definition) is 2. The first-order valence-corrected chi connectivity index (χ1v) is 6.89. The number of nitrogens with zero attached hydrogens (tertiary/aromatic N) is 2. The Hall–Kier alpha value is -1.06. The zero-order valence-corrected chi connectivity index (χ0v) is 11.7. The van der Waals surface area contributed by atoms with Crippen LogP contribution >= 0.6 is 11.6 Å². The van der Waals surface area contributed by atoms with Gasteiger partial charge in [0.05, 0.1) is 16.9 Å². The summed E-state index contributed by atoms with van der Waals surface area (Å²) in [6.07, 6.45) is 0.983. The summed E-state index contributed by atoms with van der Waals surface area (Å²) in [5, 5.41) is 0. The van der Waals surface area contributed by atoms with Crippen LogP contribution in [0.2, 0.25) is 0 Å². The van der Waals surface area contributed by atoms with Crippen molar-refractivity contribution in [3.8, 4) is 0 Å². The van der Waals surface area contributed by atoms with Crippen LogP contribution < -0.4 is 0 Å². The number of imidazole rings is 1. The number of benzene rings is 1. The number of halogens is 1. The smallest absolute Gasteiger partial charge is 0.124 e. The van der Waals surface area contributed by atoms with Crippen molar-refractivity contribution >= 4 is 22.6 Å². The number of fused-ring (bicyclic) bond motifs is 1. The van der Waals surface area contributed by atoms with E-state index in [0.717, 1.165) is 43.0 Å². The van der Waals surface area contributed by atoms with Crippen LogP contribution in [0.4, 0.5) is 0 Å². The van der Waals surface area contributed by atoms with E-state index in [9.17, 15) is 0 Å². The van der Waals surface area contributed by atoms with Crippen LogP contribution in [0.15, 0.2) is 18.2 Å². The number of aryl methyl sites for hydroxylation is 2. The van der Waals surface area contributed by atoms with Gasteiger partial charge in [-0.05, 0) is 38.0 Å². The van der Waals surface area contributed by atoms with Gasteiger partial charge >= 0.3 is 0 Å². The lowest BCUT2D eigenvalue weighted by molar-refractivity contribution is 0.142. The molecule has 3 nitrogen and oxygen atoms in total. The first-order chi connectivity index (χ1) is 8.76. The van der Waals surface area contributed by atoms with Crippen LogP contribution in [0.1, 0.15) is 24.7 Å². The van der Waals surface area contributed by atoms with Gasteiger partial charge in [0.25, 0.3) is 0 Å². The Bertz CT molecular complexity index is 522. The lowest BCUT2D eigenvalue weighted by Gasteiger charge is -2.07. The third-order valence-corrected chi connectivity index (χ3v) is 3.22. The van der Waals surface area contributed by atoms with Gasteiger partial charge in [0.15, 0.2) is 0 Å². The molecule has 0 N–H and O–H groups in total. The molecule has 1 aromatic carbocycles. The topological polar surface area (TPSA) is 27.1 Å². The van der Waals surface area contributed by atoms with Gasteiger partial charge in [0, 0.05) is 19.8 Å². The Kier molecular flexibility index (Phi) is 4.61. The predicted molar refractivity (Wildman–Crippen MR) is 75.1 cm³/mol. The molecule has 0 radical (unpaired) electrons. The van der Waals surface area contributed by atoms with E-state index in [0.29, 0.717) is 5.88 Å². The highest BCUT2D eigenvalue weighted by Gasteiger charge is 2.09. The normalized spacial score (nSPS) is 11.3. The van der Waals surface area contributed by atoms with Crippen molar-refractivity contribution in [1.29, 1.82) is 0 Å². The number of rotatable bonds is 6. The molecule has 0 bridgehead atoms. The molecule has 4 heteroatoms. The Morgan fingerprint density at radius 2 is 2.22 bits per heavy atom. The average molecular weight is 267 g/mol. The molecule has 98 valence electrons. The molecule has 0 amide bonds. The van der Waals surface area contributed by atoms with E-state index in [1.165, 1.54) is 5.56 Å². The molecule has 0 saturated carbocycles. The zero-order valence-electron chi connectivity index (χ0n) is 10.9. The summed E-state index contributed by atoms with van der Waals surface area (Å²) in [6.45, 7) is 6.55. The molecule has 0 fully saturated rings. The standard InChI is InChI=1S/C14H19ClN2O/c1-3-18-8-4-7-17-13-6-5-11(2)9-12(13)16-14(17)10-15/h5-6,9H,3-4,7-8,10H2,1-2H3. The van der Waals surface area contributed by atoms with E-state index in [1.54, 1.807) is 0 Å². The highest BCUT2D eigenvalue weighted by atomic mass is 35.5. The van der Waals surface area contributed by atoms with Crippen LogP contribution in [0, 0.1) is 6.92 Å². The molecule has 0 aliphatic carbocycles. The molecular weight excluding hydrogens is 248 g/mol. The summed E-state index contributed by atoms with van der Waals surface area (Å²) in [6, 6.07) is 6.33. The van der Waals surface area contributed by atoms with Crippen molar-refractivity contribution < 1.29 is 4.74 Å². The molecule has 18 heavy (non-hydrogen) atoms. The average Bonchev–Trinajstić information content (AvgIpc) is 2.71. The first kappa shape index (κ1) is 13.4. The van der Waals surface area contributed by atoms with Crippen LogP contribution in [0.3, 0.4) is 0 Å². The summed E-state index contributed by atoms with van der Waals surface area (Å²) in [7, 11) is 0. The fourth-order valence-electron chi connectivity index (χ4n) is 2.11. The van der Waals surface area contributed by atoms with Crippen LogP contribution in [-0.4, -0.2) is 22.8 Å². The Labute approximate surface area is 113 Å². The second-order valence-corrected chi connectivity index (χ2v) is 4.62. The van der Waals surface area contributed by atoms with Gasteiger partial charge in [-0.25, -0.2) is 4.98 Å². The molecule has 0 aliphatic rings. The molecule has 2 rings (SSSR count). The Morgan fingerprint density at radius 3 is 2.94 bits per heavy atom. The van der Waals surface area contributed by atoms with Crippen LogP contribution in [0.25, 0.3) is 11.0 Å². The fourth-order valence-corrected chi connectivity index (χ4v) is 2.31. The first-order valence-electron chi connectivity index (χ1n) is 6.35. The van der Waals surface area contributed by atoms with Crippen molar-refractivity contribution in [3.05, 3.63) is 29.6 Å². The van der Waals surface area contributed by atoms with Crippen molar-refractivity contribution in [3.63, 3.8) is 0 Å². The highest BCUT2D eigenvalue weighted by molar-refractivity contribution is 6.16. The van der Waals surface area contributed by atoms with Gasteiger partial charge in [-0.1, -0.05) is 6.07 Å². The maximum atomic E-state index is 5.97. The van der Waals surface area contributed by atoms with Gasteiger partial charge in [-0.2, -0.15) is 0 Å². The maximum Gasteiger partial charge on any atom is 0.124 e. The molecule has 1 heterocycles. The summed E-state index contributed by atoms with van der Waals surface area (Å²) in [5.74, 6) is 1.39. The van der Waals surface area contributed by atoms with Crippen molar-refractivity contribution in [1.82, 2.24) is 9.55 Å². The van der Waals surface area contributed by atoms with Gasteiger partial charge in [-0.3, -0.25) is 0 Å². The third kappa shape index (κ3) is 2.85. The monoisotopic (exact) mass is 266 g/mol. The minimum absolute atomic E-state index is 0.447. The Morgan fingerprint density at radius 1 is 1.39 bits per heavy atom. The van der Waals surface area contributed by atoms with Gasteiger partial charge in [-0.15, -0.1) is 11.6 Å². The summed E-state index contributed by atoms with van der Waals surface area (Å²) in [4.78, 5) is 4.58. The predicted octanol–water partition coefficient (Wildman–Crippen LogP) is 3.51. The molecule has 0 atom stereocenters. The van der Waals surface area contributed by atoms with Gasteiger partial charge < -0.3 is 9.30 Å². The Balaban J connectivity index is 2.23. The minimum Gasteiger partial charge on any atom is -0.382 e. The molecule has 0 spiro atoms. The number of alkyl halides is 1. The van der Waals surface area contributed by atoms with E-state index >= 15 is 0 Å². The minimum atomic E-state index is 0.447. The zero-order chi connectivity index (χ0) is 13.0. The molecule has 0 aliphatic heterocycles. The second-order valence-electron chi connectivity index (χ2n) is 4.36. The van der Waals surface area contributed by atoms with Crippen molar-refractivity contribution in [2.45, 2.75) is 32.7 Å². The second kappa shape index (κ2) is 6.21. The fraction of sp³-hybridized carbons (Fsp3) is 0.500. The molecule has 0 saturated heterocycles. The highest BCUT2D eigenvalue weighted by Crippen LogP contribution is 2.19. The molecule has 1 aromatic heterocycles. The third-order valence-electron chi connectivity index (χ3n) is 2.98. The summed E-state index contributed by atoms with van der Waals surface area (Å²) in [5.41, 5.74) is 3.41. The molecule has 0 unspecified atom stereocenters. The largest absolute Gasteiger partial charge is 0.382 e. The van der Waals surface area contributed by atoms with Gasteiger partial charge in [0.2, 0.25) is 0 Å². The van der Waals surface area contributed by atoms with Gasteiger partial charge in [0.1, 0.15) is 5.82 Å². The summed E-state index contributed by atoms with van der Waals surface area (Å²) < 4.78 is 7.56. The summed E-state index contributed by atoms with van der Waals surface area (Å²) >= 11 is 5.97. The van der Waals surface area contributed by atoms with E-state index < -0.39 is 0 Å².